The molecule has 3 nitrogen and oxygen atoms in total. The van der Waals surface area contributed by atoms with Crippen LogP contribution in [0.5, 0.6) is 0 Å². The van der Waals surface area contributed by atoms with E-state index in [0.29, 0.717) is 0 Å². The van der Waals surface area contributed by atoms with Gasteiger partial charge >= 0.3 is 8.32 Å². The average Bonchev–Trinajstić information content (AvgIpc) is 2.68. The molecule has 0 aliphatic rings. The van der Waals surface area contributed by atoms with Gasteiger partial charge in [-0.25, -0.2) is 8.42 Å². The quantitative estimate of drug-likeness (QED) is 0.494. The normalized spacial score (nSPS) is 12.0. The standard InChI is InChI=1S/C20H20O3SSi/c1-2-24(21,22)23-25(18-12-6-3-7-13-18,19-14-8-4-9-15-19)20-16-10-5-11-17-20/h3-17H,2H2,1H3. The highest BCUT2D eigenvalue weighted by atomic mass is 32.2. The Morgan fingerprint density at radius 1 is 0.680 bits per heavy atom. The van der Waals surface area contributed by atoms with Gasteiger partial charge in [-0.2, -0.15) is 0 Å². The molecule has 0 aliphatic heterocycles. The molecular formula is C20H20O3SSi. The molecule has 128 valence electrons. The molecule has 0 spiro atoms. The minimum Gasteiger partial charge on any atom is -0.298 e. The van der Waals surface area contributed by atoms with Crippen molar-refractivity contribution in [3.05, 3.63) is 91.0 Å². The van der Waals surface area contributed by atoms with Crippen molar-refractivity contribution in [1.82, 2.24) is 0 Å². The van der Waals surface area contributed by atoms with E-state index in [1.54, 1.807) is 6.92 Å². The minimum atomic E-state index is -3.66. The maximum absolute atomic E-state index is 12.5. The number of hydrogen-bond donors (Lipinski definition) is 0. The molecule has 0 heterocycles. The molecule has 0 bridgehead atoms. The third-order valence-electron chi connectivity index (χ3n) is 4.15. The van der Waals surface area contributed by atoms with Gasteiger partial charge in [0.1, 0.15) is 0 Å². The lowest BCUT2D eigenvalue weighted by Crippen LogP contribution is -2.70. The van der Waals surface area contributed by atoms with Gasteiger partial charge in [0.2, 0.25) is 0 Å². The molecule has 3 aromatic carbocycles. The summed E-state index contributed by atoms with van der Waals surface area (Å²) < 4.78 is 31.1. The summed E-state index contributed by atoms with van der Waals surface area (Å²) in [7, 11) is -6.83. The number of benzene rings is 3. The summed E-state index contributed by atoms with van der Waals surface area (Å²) in [5, 5.41) is 2.72. The van der Waals surface area contributed by atoms with E-state index in [1.165, 1.54) is 0 Å². The lowest BCUT2D eigenvalue weighted by Gasteiger charge is -2.31. The molecule has 0 aromatic heterocycles. The van der Waals surface area contributed by atoms with Gasteiger partial charge in [-0.1, -0.05) is 91.0 Å². The zero-order valence-corrected chi connectivity index (χ0v) is 15.8. The summed E-state index contributed by atoms with van der Waals surface area (Å²) in [6, 6.07) is 29.0. The van der Waals surface area contributed by atoms with E-state index in [9.17, 15) is 8.42 Å². The van der Waals surface area contributed by atoms with Gasteiger partial charge in [-0.15, -0.1) is 0 Å². The van der Waals surface area contributed by atoms with Crippen molar-refractivity contribution in [1.29, 1.82) is 0 Å². The van der Waals surface area contributed by atoms with E-state index in [1.807, 2.05) is 91.0 Å². The highest BCUT2D eigenvalue weighted by molar-refractivity contribution is 7.88. The smallest absolute Gasteiger partial charge is 0.298 e. The fraction of sp³-hybridized carbons (Fsp3) is 0.100. The first-order chi connectivity index (χ1) is 12.1. The molecular weight excluding hydrogens is 348 g/mol. The van der Waals surface area contributed by atoms with E-state index in [2.05, 4.69) is 0 Å². The predicted octanol–water partition coefficient (Wildman–Crippen LogP) is 2.02. The van der Waals surface area contributed by atoms with Gasteiger partial charge < -0.3 is 0 Å². The molecule has 0 saturated heterocycles. The summed E-state index contributed by atoms with van der Waals surface area (Å²) >= 11 is 0. The van der Waals surface area contributed by atoms with Gasteiger partial charge in [-0.05, 0) is 22.5 Å². The van der Waals surface area contributed by atoms with Crippen LogP contribution in [0.15, 0.2) is 91.0 Å². The number of rotatable bonds is 6. The lowest BCUT2D eigenvalue weighted by atomic mass is 10.3. The Kier molecular flexibility index (Phi) is 5.18. The van der Waals surface area contributed by atoms with Crippen molar-refractivity contribution < 1.29 is 12.3 Å². The van der Waals surface area contributed by atoms with Crippen LogP contribution in [-0.4, -0.2) is 22.5 Å². The number of hydrogen-bond acceptors (Lipinski definition) is 3. The van der Waals surface area contributed by atoms with Crippen molar-refractivity contribution >= 4 is 34.0 Å². The summed E-state index contributed by atoms with van der Waals surface area (Å²) in [6.07, 6.45) is 0. The SMILES string of the molecule is CCS(=O)(=O)O[Si](c1ccccc1)(c1ccccc1)c1ccccc1. The Balaban J connectivity index is 2.36. The topological polar surface area (TPSA) is 43.4 Å². The van der Waals surface area contributed by atoms with Crippen molar-refractivity contribution in [3.63, 3.8) is 0 Å². The first kappa shape index (κ1) is 17.6. The monoisotopic (exact) mass is 368 g/mol. The first-order valence-electron chi connectivity index (χ1n) is 8.18. The van der Waals surface area contributed by atoms with Crippen LogP contribution in [0.25, 0.3) is 0 Å². The molecule has 5 heteroatoms. The highest BCUT2D eigenvalue weighted by Crippen LogP contribution is 2.13. The van der Waals surface area contributed by atoms with Gasteiger partial charge in [0.25, 0.3) is 10.1 Å². The first-order valence-corrected chi connectivity index (χ1v) is 11.7. The van der Waals surface area contributed by atoms with E-state index < -0.39 is 18.4 Å². The Bertz CT molecular complexity index is 814. The fourth-order valence-electron chi connectivity index (χ4n) is 2.91. The third-order valence-corrected chi connectivity index (χ3v) is 10.3. The summed E-state index contributed by atoms with van der Waals surface area (Å²) in [5.41, 5.74) is 0. The van der Waals surface area contributed by atoms with Gasteiger partial charge in [0, 0.05) is 0 Å². The minimum absolute atomic E-state index is 0.0613. The maximum atomic E-state index is 12.5. The van der Waals surface area contributed by atoms with Crippen LogP contribution in [0.1, 0.15) is 6.92 Å². The molecule has 0 unspecified atom stereocenters. The summed E-state index contributed by atoms with van der Waals surface area (Å²) in [4.78, 5) is 0. The van der Waals surface area contributed by atoms with Crippen LogP contribution < -0.4 is 15.6 Å². The fourth-order valence-corrected chi connectivity index (χ4v) is 9.05. The Hall–Kier alpha value is -2.21. The van der Waals surface area contributed by atoms with E-state index in [0.717, 1.165) is 15.6 Å². The van der Waals surface area contributed by atoms with Gasteiger partial charge in [0.15, 0.2) is 0 Å². The molecule has 0 atom stereocenters. The van der Waals surface area contributed by atoms with Crippen LogP contribution in [0.2, 0.25) is 0 Å². The Morgan fingerprint density at radius 2 is 1.00 bits per heavy atom. The second-order valence-electron chi connectivity index (χ2n) is 5.71. The maximum Gasteiger partial charge on any atom is 0.309 e. The largest absolute Gasteiger partial charge is 0.309 e. The van der Waals surface area contributed by atoms with Crippen molar-refractivity contribution in [3.8, 4) is 0 Å². The highest BCUT2D eigenvalue weighted by Gasteiger charge is 2.45. The van der Waals surface area contributed by atoms with Crippen molar-refractivity contribution in [2.45, 2.75) is 6.92 Å². The second-order valence-corrected chi connectivity index (χ2v) is 11.2. The molecule has 0 amide bonds. The van der Waals surface area contributed by atoms with Crippen LogP contribution in [0.3, 0.4) is 0 Å². The molecule has 3 rings (SSSR count). The molecule has 25 heavy (non-hydrogen) atoms. The van der Waals surface area contributed by atoms with Crippen LogP contribution in [-0.2, 0) is 14.0 Å². The zero-order chi connectivity index (χ0) is 17.8. The Labute approximate surface area is 150 Å². The van der Waals surface area contributed by atoms with E-state index >= 15 is 0 Å². The van der Waals surface area contributed by atoms with Crippen molar-refractivity contribution in [2.75, 3.05) is 5.75 Å². The molecule has 0 radical (unpaired) electrons. The van der Waals surface area contributed by atoms with E-state index in [-0.39, 0.29) is 5.75 Å². The molecule has 0 aliphatic carbocycles. The zero-order valence-electron chi connectivity index (χ0n) is 14.0. The Morgan fingerprint density at radius 3 is 1.28 bits per heavy atom. The van der Waals surface area contributed by atoms with Crippen molar-refractivity contribution in [2.24, 2.45) is 0 Å². The average molecular weight is 369 g/mol. The van der Waals surface area contributed by atoms with E-state index in [4.69, 9.17) is 3.87 Å². The lowest BCUT2D eigenvalue weighted by molar-refractivity contribution is 0.495. The van der Waals surface area contributed by atoms with Crippen LogP contribution in [0.4, 0.5) is 0 Å². The van der Waals surface area contributed by atoms with Gasteiger partial charge in [-0.3, -0.25) is 3.87 Å². The predicted molar refractivity (Wildman–Crippen MR) is 105 cm³/mol. The summed E-state index contributed by atoms with van der Waals surface area (Å²) in [6.45, 7) is 1.61. The second kappa shape index (κ2) is 7.35. The molecule has 0 saturated carbocycles. The van der Waals surface area contributed by atoms with Gasteiger partial charge in [0.05, 0.1) is 5.75 Å². The molecule has 3 aromatic rings. The summed E-state index contributed by atoms with van der Waals surface area (Å²) in [5.74, 6) is -0.0613. The molecule has 0 N–H and O–H groups in total. The third kappa shape index (κ3) is 3.58. The van der Waals surface area contributed by atoms with Crippen LogP contribution in [0, 0.1) is 0 Å². The van der Waals surface area contributed by atoms with Crippen LogP contribution >= 0.6 is 0 Å². The molecule has 0 fully saturated rings.